The molecule has 0 aliphatic rings. The van der Waals surface area contributed by atoms with Crippen molar-refractivity contribution in [3.05, 3.63) is 76.6 Å². The van der Waals surface area contributed by atoms with Crippen molar-refractivity contribution < 1.29 is 9.53 Å². The zero-order valence-electron chi connectivity index (χ0n) is 17.2. The van der Waals surface area contributed by atoms with E-state index in [1.54, 1.807) is 13.2 Å². The summed E-state index contributed by atoms with van der Waals surface area (Å²) < 4.78 is 5.33. The molecule has 0 atom stereocenters. The van der Waals surface area contributed by atoms with E-state index in [0.29, 0.717) is 18.2 Å². The molecular formula is C23H26N4O2. The Labute approximate surface area is 171 Å². The Kier molecular flexibility index (Phi) is 6.44. The van der Waals surface area contributed by atoms with E-state index in [1.165, 1.54) is 5.56 Å². The van der Waals surface area contributed by atoms with Crippen LogP contribution in [0.25, 0.3) is 0 Å². The summed E-state index contributed by atoms with van der Waals surface area (Å²) in [7, 11) is 1.61. The summed E-state index contributed by atoms with van der Waals surface area (Å²) in [6.07, 6.45) is 0.891. The third-order valence-electron chi connectivity index (χ3n) is 4.70. The molecule has 0 saturated heterocycles. The maximum Gasteiger partial charge on any atom is 0.270 e. The predicted octanol–water partition coefficient (Wildman–Crippen LogP) is 4.34. The van der Waals surface area contributed by atoms with Gasteiger partial charge in [0.05, 0.1) is 7.11 Å². The number of nitrogens with zero attached hydrogens (tertiary/aromatic N) is 2. The summed E-state index contributed by atoms with van der Waals surface area (Å²) in [5, 5.41) is 6.20. The molecule has 1 amide bonds. The first-order valence-electron chi connectivity index (χ1n) is 9.63. The summed E-state index contributed by atoms with van der Waals surface area (Å²) in [4.78, 5) is 21.6. The Bertz CT molecular complexity index is 1020. The van der Waals surface area contributed by atoms with E-state index in [9.17, 15) is 4.79 Å². The third-order valence-corrected chi connectivity index (χ3v) is 4.70. The monoisotopic (exact) mass is 390 g/mol. The van der Waals surface area contributed by atoms with Crippen LogP contribution in [0.5, 0.6) is 5.75 Å². The number of anilines is 2. The van der Waals surface area contributed by atoms with Gasteiger partial charge in [0.25, 0.3) is 5.91 Å². The van der Waals surface area contributed by atoms with Crippen LogP contribution in [0.2, 0.25) is 0 Å². The summed E-state index contributed by atoms with van der Waals surface area (Å²) in [6.45, 7) is 6.35. The van der Waals surface area contributed by atoms with Gasteiger partial charge in [-0.25, -0.2) is 9.97 Å². The quantitative estimate of drug-likeness (QED) is 0.628. The minimum atomic E-state index is -0.259. The van der Waals surface area contributed by atoms with Gasteiger partial charge >= 0.3 is 0 Å². The van der Waals surface area contributed by atoms with Gasteiger partial charge in [0.1, 0.15) is 11.4 Å². The highest BCUT2D eigenvalue weighted by atomic mass is 16.5. The second-order valence-corrected chi connectivity index (χ2v) is 6.80. The molecule has 0 radical (unpaired) electrons. The number of rotatable bonds is 7. The van der Waals surface area contributed by atoms with E-state index >= 15 is 0 Å². The lowest BCUT2D eigenvalue weighted by molar-refractivity contribution is 0.0945. The first kappa shape index (κ1) is 20.3. The molecule has 0 fully saturated rings. The molecule has 0 aliphatic heterocycles. The second-order valence-electron chi connectivity index (χ2n) is 6.80. The highest BCUT2D eigenvalue weighted by Gasteiger charge is 2.13. The molecule has 6 heteroatoms. The molecule has 2 N–H and O–H groups in total. The van der Waals surface area contributed by atoms with Crippen LogP contribution >= 0.6 is 0 Å². The molecule has 0 spiro atoms. The SMILES string of the molecule is CCc1cccc(C)c1Nc1nc(C)cc(C(=O)NCc2ccccc2OC)n1. The van der Waals surface area contributed by atoms with Crippen LogP contribution in [-0.2, 0) is 13.0 Å². The Morgan fingerprint density at radius 2 is 1.79 bits per heavy atom. The van der Waals surface area contributed by atoms with Crippen LogP contribution in [0.4, 0.5) is 11.6 Å². The number of aromatic nitrogens is 2. The van der Waals surface area contributed by atoms with E-state index in [0.717, 1.165) is 34.7 Å². The standard InChI is InChI=1S/C23H26N4O2/c1-5-17-11-8-9-15(2)21(17)27-23-25-16(3)13-19(26-23)22(28)24-14-18-10-6-7-12-20(18)29-4/h6-13H,5,14H2,1-4H3,(H,24,28)(H,25,26,27). The average molecular weight is 390 g/mol. The minimum absolute atomic E-state index is 0.259. The van der Waals surface area contributed by atoms with Crippen molar-refractivity contribution in [1.29, 1.82) is 0 Å². The molecule has 0 saturated carbocycles. The fourth-order valence-corrected chi connectivity index (χ4v) is 3.17. The fraction of sp³-hybridized carbons (Fsp3) is 0.261. The highest BCUT2D eigenvalue weighted by molar-refractivity contribution is 5.92. The predicted molar refractivity (Wildman–Crippen MR) is 115 cm³/mol. The molecule has 6 nitrogen and oxygen atoms in total. The molecule has 0 bridgehead atoms. The van der Waals surface area contributed by atoms with Crippen LogP contribution < -0.4 is 15.4 Å². The number of methoxy groups -OCH3 is 1. The van der Waals surface area contributed by atoms with Gasteiger partial charge in [-0.15, -0.1) is 0 Å². The van der Waals surface area contributed by atoms with Gasteiger partial charge in [-0.1, -0.05) is 43.3 Å². The van der Waals surface area contributed by atoms with Gasteiger partial charge in [0, 0.05) is 23.5 Å². The Hall–Kier alpha value is -3.41. The van der Waals surface area contributed by atoms with Crippen molar-refractivity contribution in [1.82, 2.24) is 15.3 Å². The van der Waals surface area contributed by atoms with E-state index in [2.05, 4.69) is 33.6 Å². The number of aryl methyl sites for hydroxylation is 3. The van der Waals surface area contributed by atoms with E-state index in [-0.39, 0.29) is 5.91 Å². The van der Waals surface area contributed by atoms with Gasteiger partial charge < -0.3 is 15.4 Å². The van der Waals surface area contributed by atoms with Crippen LogP contribution in [-0.4, -0.2) is 23.0 Å². The fourth-order valence-electron chi connectivity index (χ4n) is 3.17. The number of carbonyl (C=O) groups excluding carboxylic acids is 1. The number of benzene rings is 2. The van der Waals surface area contributed by atoms with E-state index in [4.69, 9.17) is 4.74 Å². The molecule has 29 heavy (non-hydrogen) atoms. The van der Waals surface area contributed by atoms with Crippen molar-refractivity contribution in [2.75, 3.05) is 12.4 Å². The number of ether oxygens (including phenoxy) is 1. The minimum Gasteiger partial charge on any atom is -0.496 e. The Morgan fingerprint density at radius 1 is 1.03 bits per heavy atom. The smallest absolute Gasteiger partial charge is 0.270 e. The van der Waals surface area contributed by atoms with Gasteiger partial charge in [0.15, 0.2) is 0 Å². The maximum atomic E-state index is 12.7. The van der Waals surface area contributed by atoms with E-state index in [1.807, 2.05) is 50.2 Å². The zero-order valence-corrected chi connectivity index (χ0v) is 17.2. The van der Waals surface area contributed by atoms with Crippen LogP contribution in [0.1, 0.15) is 39.8 Å². The van der Waals surface area contributed by atoms with Crippen molar-refractivity contribution in [2.24, 2.45) is 0 Å². The Morgan fingerprint density at radius 3 is 2.55 bits per heavy atom. The third kappa shape index (κ3) is 4.90. The molecule has 3 aromatic rings. The number of hydrogen-bond donors (Lipinski definition) is 2. The summed E-state index contributed by atoms with van der Waals surface area (Å²) in [6, 6.07) is 15.4. The normalized spacial score (nSPS) is 10.5. The van der Waals surface area contributed by atoms with Gasteiger partial charge in [-0.05, 0) is 43.5 Å². The van der Waals surface area contributed by atoms with Gasteiger partial charge in [-0.2, -0.15) is 0 Å². The molecule has 0 aliphatic carbocycles. The van der Waals surface area contributed by atoms with Crippen molar-refractivity contribution >= 4 is 17.5 Å². The first-order valence-corrected chi connectivity index (χ1v) is 9.63. The number of carbonyl (C=O) groups is 1. The lowest BCUT2D eigenvalue weighted by Crippen LogP contribution is -2.24. The van der Waals surface area contributed by atoms with Crippen molar-refractivity contribution in [3.8, 4) is 5.75 Å². The second kappa shape index (κ2) is 9.19. The zero-order chi connectivity index (χ0) is 20.8. The number of amides is 1. The number of hydrogen-bond acceptors (Lipinski definition) is 5. The van der Waals surface area contributed by atoms with Crippen molar-refractivity contribution in [3.63, 3.8) is 0 Å². The highest BCUT2D eigenvalue weighted by Crippen LogP contribution is 2.24. The average Bonchev–Trinajstić information content (AvgIpc) is 2.73. The number of para-hydroxylation sites is 2. The lowest BCUT2D eigenvalue weighted by Gasteiger charge is -2.14. The molecule has 150 valence electrons. The molecule has 1 heterocycles. The molecule has 0 unspecified atom stereocenters. The van der Waals surface area contributed by atoms with Gasteiger partial charge in [0.2, 0.25) is 5.95 Å². The summed E-state index contributed by atoms with van der Waals surface area (Å²) in [5.74, 6) is 0.891. The molecular weight excluding hydrogens is 364 g/mol. The number of nitrogens with one attached hydrogen (secondary N) is 2. The largest absolute Gasteiger partial charge is 0.496 e. The molecule has 2 aromatic carbocycles. The molecule has 1 aromatic heterocycles. The topological polar surface area (TPSA) is 76.1 Å². The van der Waals surface area contributed by atoms with Crippen LogP contribution in [0.15, 0.2) is 48.5 Å². The Balaban J connectivity index is 1.79. The van der Waals surface area contributed by atoms with Crippen LogP contribution in [0.3, 0.4) is 0 Å². The van der Waals surface area contributed by atoms with Crippen molar-refractivity contribution in [2.45, 2.75) is 33.7 Å². The van der Waals surface area contributed by atoms with Crippen LogP contribution in [0, 0.1) is 13.8 Å². The summed E-state index contributed by atoms with van der Waals surface area (Å²) in [5.41, 5.74) is 5.22. The maximum absolute atomic E-state index is 12.7. The van der Waals surface area contributed by atoms with Gasteiger partial charge in [-0.3, -0.25) is 4.79 Å². The summed E-state index contributed by atoms with van der Waals surface area (Å²) >= 11 is 0. The molecule has 3 rings (SSSR count). The first-order chi connectivity index (χ1) is 14.0. The van der Waals surface area contributed by atoms with E-state index < -0.39 is 0 Å². The lowest BCUT2D eigenvalue weighted by atomic mass is 10.1.